The largest absolute Gasteiger partial charge is 0.486 e. The first kappa shape index (κ1) is 20.9. The predicted octanol–water partition coefficient (Wildman–Crippen LogP) is 3.66. The summed E-state index contributed by atoms with van der Waals surface area (Å²) < 4.78 is 34.6. The van der Waals surface area contributed by atoms with E-state index in [1.165, 1.54) is 23.5 Å². The summed E-state index contributed by atoms with van der Waals surface area (Å²) >= 11 is 0. The molecule has 1 aromatic heterocycles. The van der Waals surface area contributed by atoms with Gasteiger partial charge in [-0.15, -0.1) is 0 Å². The number of fused-ring (bicyclic) bond motifs is 1. The van der Waals surface area contributed by atoms with Gasteiger partial charge >= 0.3 is 0 Å². The van der Waals surface area contributed by atoms with E-state index >= 15 is 0 Å². The van der Waals surface area contributed by atoms with Crippen molar-refractivity contribution < 1.29 is 17.9 Å². The third kappa shape index (κ3) is 4.33. The molecule has 3 aromatic rings. The molecule has 2 aliphatic rings. The summed E-state index contributed by atoms with van der Waals surface area (Å²) in [5, 5.41) is 0. The van der Waals surface area contributed by atoms with Crippen LogP contribution >= 0.6 is 0 Å². The van der Waals surface area contributed by atoms with Gasteiger partial charge in [-0.1, -0.05) is 30.3 Å². The number of rotatable bonds is 5. The smallest absolute Gasteiger partial charge is 0.178 e. The van der Waals surface area contributed by atoms with Gasteiger partial charge < -0.3 is 9.47 Å². The van der Waals surface area contributed by atoms with Gasteiger partial charge in [0, 0.05) is 36.8 Å². The summed E-state index contributed by atoms with van der Waals surface area (Å²) in [6.07, 6.45) is 6.15. The number of nitrogens with zero attached hydrogens (tertiary/aromatic N) is 3. The lowest BCUT2D eigenvalue weighted by Gasteiger charge is -2.26. The van der Waals surface area contributed by atoms with Crippen LogP contribution in [0.25, 0.3) is 11.4 Å². The summed E-state index contributed by atoms with van der Waals surface area (Å²) in [5.74, 6) is 2.18. The number of hydrogen-bond acceptors (Lipinski definition) is 7. The van der Waals surface area contributed by atoms with E-state index in [2.05, 4.69) is 39.1 Å². The molecule has 0 radical (unpaired) electrons. The highest BCUT2D eigenvalue weighted by Crippen LogP contribution is 2.38. The third-order valence-corrected chi connectivity index (χ3v) is 7.04. The Morgan fingerprint density at radius 2 is 1.72 bits per heavy atom. The monoisotopic (exact) mass is 451 g/mol. The predicted molar refractivity (Wildman–Crippen MR) is 120 cm³/mol. The maximum atomic E-state index is 11.6. The molecule has 2 aromatic carbocycles. The van der Waals surface area contributed by atoms with Gasteiger partial charge in [0.1, 0.15) is 18.1 Å². The first-order valence-corrected chi connectivity index (χ1v) is 12.6. The molecule has 0 unspecified atom stereocenters. The van der Waals surface area contributed by atoms with Crippen molar-refractivity contribution in [3.8, 4) is 22.9 Å². The standard InChI is InChI=1S/C24H25N3O4S/c1-32(28,29)20-14-25-24(26-15-20)18-6-4-17(5-7-18)16-27-10-2-3-21(27)19-8-9-22-23(13-19)31-12-11-30-22/h4-9,13-15,21H,2-3,10-12,16H2,1H3/t21-/m1/s1. The van der Waals surface area contributed by atoms with Gasteiger partial charge in [0.2, 0.25) is 0 Å². The van der Waals surface area contributed by atoms with Crippen molar-refractivity contribution in [1.82, 2.24) is 14.9 Å². The fourth-order valence-electron chi connectivity index (χ4n) is 4.31. The van der Waals surface area contributed by atoms with Crippen molar-refractivity contribution in [3.05, 3.63) is 66.0 Å². The molecule has 0 amide bonds. The lowest BCUT2D eigenvalue weighted by atomic mass is 10.0. The summed E-state index contributed by atoms with van der Waals surface area (Å²) in [6.45, 7) is 3.10. The molecular weight excluding hydrogens is 426 g/mol. The van der Waals surface area contributed by atoms with Gasteiger partial charge in [0.25, 0.3) is 0 Å². The number of likely N-dealkylation sites (tertiary alicyclic amines) is 1. The molecular formula is C24H25N3O4S. The van der Waals surface area contributed by atoms with Crippen LogP contribution in [0.3, 0.4) is 0 Å². The van der Waals surface area contributed by atoms with Gasteiger partial charge in [0.15, 0.2) is 27.2 Å². The van der Waals surface area contributed by atoms with E-state index in [0.717, 1.165) is 49.2 Å². The van der Waals surface area contributed by atoms with Crippen LogP contribution in [-0.4, -0.2) is 49.3 Å². The second kappa shape index (κ2) is 8.52. The van der Waals surface area contributed by atoms with E-state index in [1.807, 2.05) is 18.2 Å². The Kier molecular flexibility index (Phi) is 5.57. The molecule has 5 rings (SSSR count). The lowest BCUT2D eigenvalue weighted by molar-refractivity contribution is 0.170. The fourth-order valence-corrected chi connectivity index (χ4v) is 4.80. The number of benzene rings is 2. The summed E-state index contributed by atoms with van der Waals surface area (Å²) in [7, 11) is -3.30. The molecule has 1 fully saturated rings. The molecule has 1 saturated heterocycles. The highest BCUT2D eigenvalue weighted by Gasteiger charge is 2.27. The van der Waals surface area contributed by atoms with Crippen molar-refractivity contribution in [2.24, 2.45) is 0 Å². The van der Waals surface area contributed by atoms with Crippen molar-refractivity contribution in [2.45, 2.75) is 30.3 Å². The Morgan fingerprint density at radius 1 is 1.00 bits per heavy atom. The van der Waals surface area contributed by atoms with Gasteiger partial charge in [-0.3, -0.25) is 4.90 Å². The first-order valence-electron chi connectivity index (χ1n) is 10.7. The SMILES string of the molecule is CS(=O)(=O)c1cnc(-c2ccc(CN3CCC[C@@H]3c3ccc4c(c3)OCCO4)cc2)nc1. The normalized spacial score (nSPS) is 18.6. The van der Waals surface area contributed by atoms with Crippen molar-refractivity contribution in [3.63, 3.8) is 0 Å². The van der Waals surface area contributed by atoms with E-state index in [9.17, 15) is 8.42 Å². The van der Waals surface area contributed by atoms with Crippen LogP contribution in [0.1, 0.15) is 30.0 Å². The number of hydrogen-bond donors (Lipinski definition) is 0. The number of sulfone groups is 1. The van der Waals surface area contributed by atoms with E-state index in [0.29, 0.717) is 25.1 Å². The first-order chi connectivity index (χ1) is 15.5. The zero-order chi connectivity index (χ0) is 22.1. The Balaban J connectivity index is 1.30. The summed E-state index contributed by atoms with van der Waals surface area (Å²) in [4.78, 5) is 11.0. The Morgan fingerprint density at radius 3 is 2.44 bits per heavy atom. The molecule has 0 saturated carbocycles. The molecule has 0 aliphatic carbocycles. The van der Waals surface area contributed by atoms with Crippen LogP contribution in [0.5, 0.6) is 11.5 Å². The number of aromatic nitrogens is 2. The Labute approximate surface area is 188 Å². The van der Waals surface area contributed by atoms with E-state index in [4.69, 9.17) is 9.47 Å². The molecule has 0 bridgehead atoms. The van der Waals surface area contributed by atoms with E-state index in [1.54, 1.807) is 0 Å². The van der Waals surface area contributed by atoms with E-state index < -0.39 is 9.84 Å². The van der Waals surface area contributed by atoms with Gasteiger partial charge in [-0.2, -0.15) is 0 Å². The molecule has 166 valence electrons. The van der Waals surface area contributed by atoms with Crippen LogP contribution in [-0.2, 0) is 16.4 Å². The van der Waals surface area contributed by atoms with Crippen molar-refractivity contribution in [2.75, 3.05) is 26.0 Å². The minimum Gasteiger partial charge on any atom is -0.486 e. The average Bonchev–Trinajstić information content (AvgIpc) is 3.27. The molecule has 0 spiro atoms. The maximum absolute atomic E-state index is 11.6. The topological polar surface area (TPSA) is 81.6 Å². The molecule has 8 heteroatoms. The van der Waals surface area contributed by atoms with Crippen molar-refractivity contribution in [1.29, 1.82) is 0 Å². The van der Waals surface area contributed by atoms with Crippen LogP contribution in [0.4, 0.5) is 0 Å². The minimum atomic E-state index is -3.30. The molecule has 7 nitrogen and oxygen atoms in total. The van der Waals surface area contributed by atoms with E-state index in [-0.39, 0.29) is 4.90 Å². The van der Waals surface area contributed by atoms with Crippen LogP contribution in [0.15, 0.2) is 59.8 Å². The third-order valence-electron chi connectivity index (χ3n) is 5.97. The zero-order valence-corrected chi connectivity index (χ0v) is 18.7. The summed E-state index contributed by atoms with van der Waals surface area (Å²) in [5.41, 5.74) is 3.34. The molecule has 3 heterocycles. The zero-order valence-electron chi connectivity index (χ0n) is 17.9. The molecule has 2 aliphatic heterocycles. The molecule has 0 N–H and O–H groups in total. The summed E-state index contributed by atoms with van der Waals surface area (Å²) in [6, 6.07) is 14.8. The molecule has 1 atom stereocenters. The Bertz CT molecular complexity index is 1210. The second-order valence-electron chi connectivity index (χ2n) is 8.24. The highest BCUT2D eigenvalue weighted by atomic mass is 32.2. The van der Waals surface area contributed by atoms with Gasteiger partial charge in [-0.05, 0) is 42.6 Å². The lowest BCUT2D eigenvalue weighted by Crippen LogP contribution is -2.23. The van der Waals surface area contributed by atoms with Gasteiger partial charge in [0.05, 0.1) is 0 Å². The van der Waals surface area contributed by atoms with Gasteiger partial charge in [-0.25, -0.2) is 18.4 Å². The maximum Gasteiger partial charge on any atom is 0.178 e. The minimum absolute atomic E-state index is 0.122. The van der Waals surface area contributed by atoms with Crippen LogP contribution < -0.4 is 9.47 Å². The molecule has 32 heavy (non-hydrogen) atoms. The number of ether oxygens (including phenoxy) is 2. The average molecular weight is 452 g/mol. The van der Waals surface area contributed by atoms with Crippen LogP contribution in [0.2, 0.25) is 0 Å². The Hall–Kier alpha value is -2.97. The fraction of sp³-hybridized carbons (Fsp3) is 0.333. The van der Waals surface area contributed by atoms with Crippen LogP contribution in [0, 0.1) is 0 Å². The quantitative estimate of drug-likeness (QED) is 0.586. The highest BCUT2D eigenvalue weighted by molar-refractivity contribution is 7.90. The van der Waals surface area contributed by atoms with Crippen molar-refractivity contribution >= 4 is 9.84 Å². The second-order valence-corrected chi connectivity index (χ2v) is 10.3.